The third-order valence-electron chi connectivity index (χ3n) is 3.50. The van der Waals surface area contributed by atoms with Crippen LogP contribution in [-0.4, -0.2) is 10.6 Å². The standard InChI is InChI=1S/C16H20N2/c1-12(2)11-18-9-8-15-13(4-3-5-16(15)18)10-17-14-6-7-14/h3-5,8-9,14,17H,1,6-7,10-11H2,2H3. The zero-order valence-corrected chi connectivity index (χ0v) is 10.9. The number of nitrogens with zero attached hydrogens (tertiary/aromatic N) is 1. The molecular weight excluding hydrogens is 220 g/mol. The molecule has 0 atom stereocenters. The fraction of sp³-hybridized carbons (Fsp3) is 0.375. The Balaban J connectivity index is 1.89. The average molecular weight is 240 g/mol. The minimum Gasteiger partial charge on any atom is -0.343 e. The number of hydrogen-bond donors (Lipinski definition) is 1. The molecule has 1 aromatic carbocycles. The minimum absolute atomic E-state index is 0.762. The lowest BCUT2D eigenvalue weighted by Crippen LogP contribution is -2.15. The summed E-state index contributed by atoms with van der Waals surface area (Å²) in [5.74, 6) is 0. The molecule has 1 fully saturated rings. The van der Waals surface area contributed by atoms with E-state index < -0.39 is 0 Å². The van der Waals surface area contributed by atoms with Crippen LogP contribution in [0.3, 0.4) is 0 Å². The van der Waals surface area contributed by atoms with Gasteiger partial charge in [-0.1, -0.05) is 24.3 Å². The Labute approximate surface area is 108 Å². The number of hydrogen-bond acceptors (Lipinski definition) is 1. The molecule has 1 aromatic heterocycles. The Hall–Kier alpha value is -1.54. The molecule has 1 heterocycles. The Morgan fingerprint density at radius 2 is 2.22 bits per heavy atom. The molecule has 3 rings (SSSR count). The molecule has 0 bridgehead atoms. The van der Waals surface area contributed by atoms with Crippen LogP contribution in [0.2, 0.25) is 0 Å². The quantitative estimate of drug-likeness (QED) is 0.792. The van der Waals surface area contributed by atoms with Gasteiger partial charge >= 0.3 is 0 Å². The van der Waals surface area contributed by atoms with Gasteiger partial charge in [0.25, 0.3) is 0 Å². The van der Waals surface area contributed by atoms with Crippen molar-refractivity contribution in [2.75, 3.05) is 0 Å². The van der Waals surface area contributed by atoms with Crippen molar-refractivity contribution in [3.8, 4) is 0 Å². The number of allylic oxidation sites excluding steroid dienone is 1. The lowest BCUT2D eigenvalue weighted by molar-refractivity contribution is 0.691. The second-order valence-electron chi connectivity index (χ2n) is 5.41. The van der Waals surface area contributed by atoms with Crippen molar-refractivity contribution >= 4 is 10.9 Å². The van der Waals surface area contributed by atoms with E-state index in [1.807, 2.05) is 0 Å². The van der Waals surface area contributed by atoms with Gasteiger partial charge in [0.15, 0.2) is 0 Å². The molecule has 18 heavy (non-hydrogen) atoms. The van der Waals surface area contributed by atoms with Crippen LogP contribution in [0.1, 0.15) is 25.3 Å². The van der Waals surface area contributed by atoms with Crippen molar-refractivity contribution in [2.45, 2.75) is 38.9 Å². The van der Waals surface area contributed by atoms with Crippen LogP contribution in [0, 0.1) is 0 Å². The molecule has 1 saturated carbocycles. The largest absolute Gasteiger partial charge is 0.343 e. The highest BCUT2D eigenvalue weighted by atomic mass is 15.0. The molecule has 1 aliphatic rings. The highest BCUT2D eigenvalue weighted by molar-refractivity contribution is 5.83. The first-order valence-electron chi connectivity index (χ1n) is 6.68. The fourth-order valence-electron chi connectivity index (χ4n) is 2.41. The summed E-state index contributed by atoms with van der Waals surface area (Å²) in [5, 5.41) is 4.96. The van der Waals surface area contributed by atoms with E-state index in [9.17, 15) is 0 Å². The molecule has 2 heteroatoms. The summed E-state index contributed by atoms with van der Waals surface area (Å²) in [6, 6.07) is 9.56. The van der Waals surface area contributed by atoms with Gasteiger partial charge in [0.2, 0.25) is 0 Å². The van der Waals surface area contributed by atoms with Gasteiger partial charge in [0.05, 0.1) is 0 Å². The maximum absolute atomic E-state index is 3.99. The van der Waals surface area contributed by atoms with E-state index in [0.717, 1.165) is 19.1 Å². The second-order valence-corrected chi connectivity index (χ2v) is 5.41. The molecule has 0 radical (unpaired) electrons. The van der Waals surface area contributed by atoms with E-state index in [1.54, 1.807) is 0 Å². The summed E-state index contributed by atoms with van der Waals surface area (Å²) in [6.07, 6.45) is 4.85. The van der Waals surface area contributed by atoms with Gasteiger partial charge in [-0.15, -0.1) is 0 Å². The van der Waals surface area contributed by atoms with Crippen molar-refractivity contribution < 1.29 is 0 Å². The van der Waals surface area contributed by atoms with Gasteiger partial charge in [0.1, 0.15) is 0 Å². The lowest BCUT2D eigenvalue weighted by Gasteiger charge is -2.07. The van der Waals surface area contributed by atoms with Crippen molar-refractivity contribution in [3.05, 3.63) is 48.2 Å². The first-order chi connectivity index (χ1) is 8.74. The first-order valence-corrected chi connectivity index (χ1v) is 6.68. The number of rotatable bonds is 5. The number of nitrogens with one attached hydrogen (secondary N) is 1. The molecule has 2 aromatic rings. The van der Waals surface area contributed by atoms with Crippen molar-refractivity contribution in [2.24, 2.45) is 0 Å². The van der Waals surface area contributed by atoms with E-state index >= 15 is 0 Å². The molecule has 1 N–H and O–H groups in total. The zero-order chi connectivity index (χ0) is 12.5. The smallest absolute Gasteiger partial charge is 0.0486 e. The molecule has 0 saturated heterocycles. The van der Waals surface area contributed by atoms with Crippen LogP contribution < -0.4 is 5.32 Å². The maximum Gasteiger partial charge on any atom is 0.0486 e. The summed E-state index contributed by atoms with van der Waals surface area (Å²) in [6.45, 7) is 7.96. The van der Waals surface area contributed by atoms with Crippen molar-refractivity contribution in [1.29, 1.82) is 0 Å². The Morgan fingerprint density at radius 1 is 1.39 bits per heavy atom. The third-order valence-corrected chi connectivity index (χ3v) is 3.50. The van der Waals surface area contributed by atoms with Gasteiger partial charge in [-0.3, -0.25) is 0 Å². The molecule has 0 spiro atoms. The molecule has 0 unspecified atom stereocenters. The monoisotopic (exact) mass is 240 g/mol. The van der Waals surface area contributed by atoms with E-state index in [0.29, 0.717) is 0 Å². The van der Waals surface area contributed by atoms with Crippen LogP contribution in [0.5, 0.6) is 0 Å². The molecule has 0 amide bonds. The van der Waals surface area contributed by atoms with Crippen molar-refractivity contribution in [1.82, 2.24) is 9.88 Å². The van der Waals surface area contributed by atoms with Gasteiger partial charge in [-0.05, 0) is 37.5 Å². The average Bonchev–Trinajstić information content (AvgIpc) is 3.09. The number of benzene rings is 1. The van der Waals surface area contributed by atoms with Crippen molar-refractivity contribution in [3.63, 3.8) is 0 Å². The predicted octanol–water partition coefficient (Wildman–Crippen LogP) is 3.47. The Kier molecular flexibility index (Phi) is 2.96. The summed E-state index contributed by atoms with van der Waals surface area (Å²) in [7, 11) is 0. The van der Waals surface area contributed by atoms with Crippen LogP contribution in [0.25, 0.3) is 10.9 Å². The highest BCUT2D eigenvalue weighted by Crippen LogP contribution is 2.23. The summed E-state index contributed by atoms with van der Waals surface area (Å²) in [5.41, 5.74) is 3.90. The van der Waals surface area contributed by atoms with Gasteiger partial charge in [0, 0.05) is 36.2 Å². The van der Waals surface area contributed by atoms with E-state index in [-0.39, 0.29) is 0 Å². The predicted molar refractivity (Wildman–Crippen MR) is 76.6 cm³/mol. The van der Waals surface area contributed by atoms with Crippen LogP contribution >= 0.6 is 0 Å². The molecule has 0 aliphatic heterocycles. The van der Waals surface area contributed by atoms with E-state index in [1.165, 1.54) is 34.9 Å². The Morgan fingerprint density at radius 3 is 2.94 bits per heavy atom. The molecule has 1 aliphatic carbocycles. The lowest BCUT2D eigenvalue weighted by atomic mass is 10.1. The normalized spacial score (nSPS) is 15.2. The second kappa shape index (κ2) is 4.62. The fourth-order valence-corrected chi connectivity index (χ4v) is 2.41. The minimum atomic E-state index is 0.762. The van der Waals surface area contributed by atoms with Gasteiger partial charge in [-0.25, -0.2) is 0 Å². The van der Waals surface area contributed by atoms with Crippen LogP contribution in [-0.2, 0) is 13.1 Å². The molecular formula is C16H20N2. The first kappa shape index (κ1) is 11.5. The summed E-state index contributed by atoms with van der Waals surface area (Å²) in [4.78, 5) is 0. The molecule has 94 valence electrons. The Bertz CT molecular complexity index is 576. The maximum atomic E-state index is 3.99. The molecule has 2 nitrogen and oxygen atoms in total. The summed E-state index contributed by atoms with van der Waals surface area (Å²) < 4.78 is 2.28. The van der Waals surface area contributed by atoms with E-state index in [4.69, 9.17) is 0 Å². The topological polar surface area (TPSA) is 17.0 Å². The van der Waals surface area contributed by atoms with Crippen LogP contribution in [0.4, 0.5) is 0 Å². The zero-order valence-electron chi connectivity index (χ0n) is 10.9. The highest BCUT2D eigenvalue weighted by Gasteiger charge is 2.20. The number of fused-ring (bicyclic) bond motifs is 1. The van der Waals surface area contributed by atoms with E-state index in [2.05, 4.69) is 53.8 Å². The van der Waals surface area contributed by atoms with Crippen LogP contribution in [0.15, 0.2) is 42.6 Å². The third kappa shape index (κ3) is 2.34. The SMILES string of the molecule is C=C(C)Cn1ccc2c(CNC3CC3)cccc21. The number of aromatic nitrogens is 1. The van der Waals surface area contributed by atoms with Gasteiger partial charge in [-0.2, -0.15) is 0 Å². The summed E-state index contributed by atoms with van der Waals surface area (Å²) >= 11 is 0. The van der Waals surface area contributed by atoms with Gasteiger partial charge < -0.3 is 9.88 Å².